The summed E-state index contributed by atoms with van der Waals surface area (Å²) in [4.78, 5) is 35.2. The van der Waals surface area contributed by atoms with Gasteiger partial charge in [0.1, 0.15) is 10.8 Å². The predicted molar refractivity (Wildman–Crippen MR) is 115 cm³/mol. The highest BCUT2D eigenvalue weighted by Gasteiger charge is 2.28. The molecular formula is C19H26N8O2S. The van der Waals surface area contributed by atoms with Crippen molar-refractivity contribution in [3.63, 3.8) is 0 Å². The highest BCUT2D eigenvalue weighted by atomic mass is 32.1. The van der Waals surface area contributed by atoms with Crippen molar-refractivity contribution in [2.75, 3.05) is 36.4 Å². The van der Waals surface area contributed by atoms with Crippen molar-refractivity contribution in [2.24, 2.45) is 11.7 Å². The van der Waals surface area contributed by atoms with E-state index in [9.17, 15) is 9.59 Å². The minimum Gasteiger partial charge on any atom is -0.364 e. The Labute approximate surface area is 178 Å². The van der Waals surface area contributed by atoms with E-state index in [-0.39, 0.29) is 23.6 Å². The Kier molecular flexibility index (Phi) is 6.09. The Morgan fingerprint density at radius 3 is 2.93 bits per heavy atom. The monoisotopic (exact) mass is 430 g/mol. The van der Waals surface area contributed by atoms with Gasteiger partial charge in [-0.3, -0.25) is 9.59 Å². The molecule has 4 heterocycles. The normalized spacial score (nSPS) is 21.4. The molecule has 2 aliphatic rings. The number of hydrogen-bond donors (Lipinski definition) is 4. The summed E-state index contributed by atoms with van der Waals surface area (Å²) in [5.74, 6) is 0.474. The van der Waals surface area contributed by atoms with Gasteiger partial charge in [0.05, 0.1) is 17.8 Å². The standard InChI is InChI=1S/C19H26N8O2S/c1-11-7-15(30-26-11)25-18-16(17(20)28)22-9-14(24-18)27-6-2-3-13(10-27)23-19(29)12-4-5-21-8-12/h7,9,12-13,21H,2-6,8,10H2,1H3,(H2,20,28)(H,23,29)(H,24,25)/t12?,13-/m1/s1. The lowest BCUT2D eigenvalue weighted by molar-refractivity contribution is -0.125. The zero-order chi connectivity index (χ0) is 21.1. The van der Waals surface area contributed by atoms with Gasteiger partial charge in [-0.25, -0.2) is 9.97 Å². The Morgan fingerprint density at radius 2 is 2.23 bits per heavy atom. The molecule has 2 aromatic heterocycles. The second-order valence-electron chi connectivity index (χ2n) is 7.73. The van der Waals surface area contributed by atoms with Crippen molar-refractivity contribution in [3.8, 4) is 0 Å². The Morgan fingerprint density at radius 1 is 1.37 bits per heavy atom. The number of nitrogens with two attached hydrogens (primary N) is 1. The van der Waals surface area contributed by atoms with Crippen LogP contribution < -0.4 is 26.6 Å². The van der Waals surface area contributed by atoms with Crippen molar-refractivity contribution < 1.29 is 9.59 Å². The van der Waals surface area contributed by atoms with Gasteiger partial charge >= 0.3 is 0 Å². The van der Waals surface area contributed by atoms with Crippen LogP contribution in [0.5, 0.6) is 0 Å². The van der Waals surface area contributed by atoms with Crippen molar-refractivity contribution in [3.05, 3.63) is 23.7 Å². The van der Waals surface area contributed by atoms with Crippen molar-refractivity contribution in [1.29, 1.82) is 0 Å². The van der Waals surface area contributed by atoms with Crippen LogP contribution in [0.25, 0.3) is 0 Å². The summed E-state index contributed by atoms with van der Waals surface area (Å²) in [6.07, 6.45) is 4.31. The van der Waals surface area contributed by atoms with Gasteiger partial charge in [-0.15, -0.1) is 0 Å². The third-order valence-corrected chi connectivity index (χ3v) is 6.18. The van der Waals surface area contributed by atoms with Gasteiger partial charge in [0.25, 0.3) is 5.91 Å². The molecule has 0 aromatic carbocycles. The molecule has 0 radical (unpaired) electrons. The number of piperidine rings is 1. The smallest absolute Gasteiger partial charge is 0.271 e. The van der Waals surface area contributed by atoms with Gasteiger partial charge in [0.15, 0.2) is 11.5 Å². The molecule has 2 aliphatic heterocycles. The minimum atomic E-state index is -0.647. The molecule has 5 N–H and O–H groups in total. The maximum atomic E-state index is 12.5. The highest BCUT2D eigenvalue weighted by molar-refractivity contribution is 7.10. The molecule has 2 saturated heterocycles. The summed E-state index contributed by atoms with van der Waals surface area (Å²) in [6.45, 7) is 4.99. The van der Waals surface area contributed by atoms with E-state index in [2.05, 4.69) is 35.2 Å². The molecule has 1 unspecified atom stereocenters. The molecule has 160 valence electrons. The molecule has 0 bridgehead atoms. The molecule has 2 fully saturated rings. The van der Waals surface area contributed by atoms with Crippen LogP contribution in [-0.4, -0.2) is 58.4 Å². The maximum absolute atomic E-state index is 12.5. The number of anilines is 3. The third kappa shape index (κ3) is 4.68. The van der Waals surface area contributed by atoms with E-state index in [1.807, 2.05) is 13.0 Å². The van der Waals surface area contributed by atoms with E-state index in [0.717, 1.165) is 49.6 Å². The Balaban J connectivity index is 1.48. The Bertz CT molecular complexity index is 927. The van der Waals surface area contributed by atoms with Crippen LogP contribution in [0, 0.1) is 12.8 Å². The van der Waals surface area contributed by atoms with Gasteiger partial charge in [0.2, 0.25) is 5.91 Å². The van der Waals surface area contributed by atoms with E-state index in [1.165, 1.54) is 11.5 Å². The molecule has 2 atom stereocenters. The van der Waals surface area contributed by atoms with E-state index >= 15 is 0 Å². The molecule has 30 heavy (non-hydrogen) atoms. The van der Waals surface area contributed by atoms with Gasteiger partial charge in [-0.05, 0) is 50.3 Å². The molecule has 0 saturated carbocycles. The molecule has 2 aromatic rings. The molecular weight excluding hydrogens is 404 g/mol. The van der Waals surface area contributed by atoms with Gasteiger partial charge < -0.3 is 26.6 Å². The van der Waals surface area contributed by atoms with E-state index < -0.39 is 5.91 Å². The quantitative estimate of drug-likeness (QED) is 0.527. The number of aromatic nitrogens is 3. The largest absolute Gasteiger partial charge is 0.364 e. The number of aryl methyl sites for hydroxylation is 1. The number of primary amides is 1. The fourth-order valence-electron chi connectivity index (χ4n) is 3.84. The summed E-state index contributed by atoms with van der Waals surface area (Å²) < 4.78 is 4.23. The fraction of sp³-hybridized carbons (Fsp3) is 0.526. The van der Waals surface area contributed by atoms with Crippen LogP contribution in [-0.2, 0) is 4.79 Å². The molecule has 0 spiro atoms. The first-order chi connectivity index (χ1) is 14.5. The Hall–Kier alpha value is -2.79. The van der Waals surface area contributed by atoms with Crippen molar-refractivity contribution >= 4 is 40.0 Å². The second kappa shape index (κ2) is 8.92. The van der Waals surface area contributed by atoms with Gasteiger partial charge in [-0.2, -0.15) is 4.37 Å². The number of hydrogen-bond acceptors (Lipinski definition) is 9. The lowest BCUT2D eigenvalue weighted by Gasteiger charge is -2.34. The van der Waals surface area contributed by atoms with E-state index in [1.54, 1.807) is 6.20 Å². The first kappa shape index (κ1) is 20.5. The maximum Gasteiger partial charge on any atom is 0.271 e. The lowest BCUT2D eigenvalue weighted by atomic mass is 10.0. The fourth-order valence-corrected chi connectivity index (χ4v) is 4.50. The number of rotatable bonds is 6. The molecule has 4 rings (SSSR count). The van der Waals surface area contributed by atoms with Crippen LogP contribution in [0.3, 0.4) is 0 Å². The van der Waals surface area contributed by atoms with Crippen molar-refractivity contribution in [2.45, 2.75) is 32.2 Å². The first-order valence-corrected chi connectivity index (χ1v) is 10.9. The second-order valence-corrected chi connectivity index (χ2v) is 8.54. The summed E-state index contributed by atoms with van der Waals surface area (Å²) in [6, 6.07) is 1.93. The van der Waals surface area contributed by atoms with E-state index in [4.69, 9.17) is 5.73 Å². The molecule has 10 nitrogen and oxygen atoms in total. The number of amides is 2. The average Bonchev–Trinajstić information content (AvgIpc) is 3.40. The SMILES string of the molecule is Cc1cc(Nc2nc(N3CCC[C@@H](NC(=O)C4CCNC4)C3)cnc2C(N)=O)sn1. The van der Waals surface area contributed by atoms with Crippen LogP contribution in [0.15, 0.2) is 12.3 Å². The summed E-state index contributed by atoms with van der Waals surface area (Å²) >= 11 is 1.28. The lowest BCUT2D eigenvalue weighted by Crippen LogP contribution is -2.49. The predicted octanol–water partition coefficient (Wildman–Crippen LogP) is 0.779. The van der Waals surface area contributed by atoms with Gasteiger partial charge in [0, 0.05) is 25.7 Å². The molecule has 2 amide bonds. The summed E-state index contributed by atoms with van der Waals surface area (Å²) in [5.41, 5.74) is 6.44. The first-order valence-electron chi connectivity index (χ1n) is 10.1. The van der Waals surface area contributed by atoms with Crippen LogP contribution in [0.2, 0.25) is 0 Å². The summed E-state index contributed by atoms with van der Waals surface area (Å²) in [5, 5.41) is 10.3. The van der Waals surface area contributed by atoms with Crippen LogP contribution in [0.1, 0.15) is 35.4 Å². The number of nitrogens with one attached hydrogen (secondary N) is 3. The summed E-state index contributed by atoms with van der Waals surface area (Å²) in [7, 11) is 0. The number of carbonyl (C=O) groups is 2. The van der Waals surface area contributed by atoms with Gasteiger partial charge in [-0.1, -0.05) is 0 Å². The minimum absolute atomic E-state index is 0.0497. The van der Waals surface area contributed by atoms with E-state index in [0.29, 0.717) is 18.2 Å². The zero-order valence-corrected chi connectivity index (χ0v) is 17.7. The van der Waals surface area contributed by atoms with Crippen LogP contribution >= 0.6 is 11.5 Å². The average molecular weight is 431 g/mol. The van der Waals surface area contributed by atoms with Crippen LogP contribution in [0.4, 0.5) is 16.6 Å². The number of nitrogens with zero attached hydrogens (tertiary/aromatic N) is 4. The zero-order valence-electron chi connectivity index (χ0n) is 16.9. The third-order valence-electron chi connectivity index (χ3n) is 5.39. The topological polar surface area (TPSA) is 138 Å². The molecule has 11 heteroatoms. The highest BCUT2D eigenvalue weighted by Crippen LogP contribution is 2.25. The molecule has 0 aliphatic carbocycles. The number of carbonyl (C=O) groups excluding carboxylic acids is 2. The van der Waals surface area contributed by atoms with Crippen molar-refractivity contribution in [1.82, 2.24) is 25.0 Å².